The predicted octanol–water partition coefficient (Wildman–Crippen LogP) is 3.94. The number of piperazine rings is 1. The summed E-state index contributed by atoms with van der Waals surface area (Å²) in [5.41, 5.74) is 1.14. The molecule has 2 aromatic heterocycles. The molecule has 0 radical (unpaired) electrons. The third-order valence-corrected chi connectivity index (χ3v) is 8.11. The second-order valence-corrected chi connectivity index (χ2v) is 10.7. The number of pyridine rings is 1. The van der Waals surface area contributed by atoms with Gasteiger partial charge in [0.05, 0.1) is 12.5 Å². The van der Waals surface area contributed by atoms with Gasteiger partial charge in [-0.05, 0) is 55.8 Å². The van der Waals surface area contributed by atoms with Crippen LogP contribution in [0.5, 0.6) is 5.75 Å². The summed E-state index contributed by atoms with van der Waals surface area (Å²) in [6.07, 6.45) is 8.35. The normalized spacial score (nSPS) is 16.1. The highest BCUT2D eigenvalue weighted by molar-refractivity contribution is 5.97. The fraction of sp³-hybridized carbons (Fsp3) is 0.355. The Kier molecular flexibility index (Phi) is 7.75. The highest BCUT2D eigenvalue weighted by Gasteiger charge is 2.28. The van der Waals surface area contributed by atoms with E-state index >= 15 is 4.39 Å². The average molecular weight is 573 g/mol. The zero-order chi connectivity index (χ0) is 29.2. The summed E-state index contributed by atoms with van der Waals surface area (Å²) in [6.45, 7) is 5.06. The molecule has 10 nitrogen and oxygen atoms in total. The monoisotopic (exact) mass is 572 g/mol. The minimum Gasteiger partial charge on any atom is -0.492 e. The molecule has 11 heteroatoms. The number of carboxylic acids is 1. The fourth-order valence-corrected chi connectivity index (χ4v) is 5.98. The van der Waals surface area contributed by atoms with Crippen LogP contribution < -0.4 is 20.0 Å². The van der Waals surface area contributed by atoms with Gasteiger partial charge in [0.15, 0.2) is 11.6 Å². The Labute approximate surface area is 242 Å². The second kappa shape index (κ2) is 11.8. The molecule has 0 spiro atoms. The minimum atomic E-state index is -1.37. The Morgan fingerprint density at radius 3 is 2.29 bits per heavy atom. The number of likely N-dealkylation sites (tertiary alicyclic amines) is 1. The van der Waals surface area contributed by atoms with Gasteiger partial charge in [-0.3, -0.25) is 9.69 Å². The third kappa shape index (κ3) is 5.27. The lowest BCUT2D eigenvalue weighted by atomic mass is 10.1. The average Bonchev–Trinajstić information content (AvgIpc) is 3.02. The summed E-state index contributed by atoms with van der Waals surface area (Å²) < 4.78 is 23.3. The van der Waals surface area contributed by atoms with Crippen molar-refractivity contribution in [3.05, 3.63) is 82.2 Å². The third-order valence-electron chi connectivity index (χ3n) is 8.11. The van der Waals surface area contributed by atoms with Crippen molar-refractivity contribution in [3.8, 4) is 11.4 Å². The number of methoxy groups -OCH3 is 1. The van der Waals surface area contributed by atoms with Gasteiger partial charge in [-0.1, -0.05) is 18.6 Å². The molecule has 0 atom stereocenters. The number of carbonyl (C=O) groups is 1. The van der Waals surface area contributed by atoms with E-state index < -0.39 is 22.8 Å². The van der Waals surface area contributed by atoms with Crippen molar-refractivity contribution in [3.63, 3.8) is 0 Å². The molecule has 0 amide bonds. The van der Waals surface area contributed by atoms with Crippen molar-refractivity contribution in [1.29, 1.82) is 0 Å². The smallest absolute Gasteiger partial charge is 0.341 e. The quantitative estimate of drug-likeness (QED) is 0.353. The van der Waals surface area contributed by atoms with Crippen LogP contribution in [0.15, 0.2) is 59.8 Å². The van der Waals surface area contributed by atoms with Gasteiger partial charge in [-0.15, -0.1) is 0 Å². The Bertz CT molecular complexity index is 1650. The molecule has 0 unspecified atom stereocenters. The molecule has 2 aliphatic rings. The molecule has 0 bridgehead atoms. The number of aromatic nitrogens is 3. The number of benzene rings is 2. The van der Waals surface area contributed by atoms with Crippen molar-refractivity contribution >= 4 is 28.5 Å². The summed E-state index contributed by atoms with van der Waals surface area (Å²) in [5, 5.41) is 9.78. The molecule has 42 heavy (non-hydrogen) atoms. The molecule has 2 fully saturated rings. The molecule has 2 aliphatic heterocycles. The van der Waals surface area contributed by atoms with Crippen molar-refractivity contribution < 1.29 is 19.0 Å². The van der Waals surface area contributed by atoms with Crippen LogP contribution >= 0.6 is 0 Å². The fourth-order valence-electron chi connectivity index (χ4n) is 5.98. The van der Waals surface area contributed by atoms with Crippen LogP contribution in [-0.4, -0.2) is 76.9 Å². The van der Waals surface area contributed by atoms with Crippen LogP contribution in [-0.2, 0) is 6.54 Å². The number of fused-ring (bicyclic) bond motifs is 1. The molecular formula is C31H33FN6O4. The number of nitrogens with zero attached hydrogens (tertiary/aromatic N) is 6. The predicted molar refractivity (Wildman–Crippen MR) is 159 cm³/mol. The first kappa shape index (κ1) is 27.6. The Hall–Kier alpha value is -4.51. The van der Waals surface area contributed by atoms with Crippen molar-refractivity contribution in [1.82, 2.24) is 19.4 Å². The van der Waals surface area contributed by atoms with Crippen molar-refractivity contribution in [2.24, 2.45) is 0 Å². The largest absolute Gasteiger partial charge is 0.492 e. The summed E-state index contributed by atoms with van der Waals surface area (Å²) in [5.74, 6) is -1.23. The molecule has 6 rings (SSSR count). The van der Waals surface area contributed by atoms with Crippen LogP contribution in [0.2, 0.25) is 0 Å². The van der Waals surface area contributed by atoms with Gasteiger partial charge in [0.1, 0.15) is 16.8 Å². The maximum Gasteiger partial charge on any atom is 0.341 e. The van der Waals surface area contributed by atoms with E-state index in [1.54, 1.807) is 23.0 Å². The van der Waals surface area contributed by atoms with E-state index in [0.29, 0.717) is 43.3 Å². The number of anilines is 2. The molecular weight excluding hydrogens is 539 g/mol. The molecule has 0 aliphatic carbocycles. The van der Waals surface area contributed by atoms with Crippen molar-refractivity contribution in [2.75, 3.05) is 56.2 Å². The number of halogens is 1. The number of hydrogen-bond acceptors (Lipinski definition) is 8. The molecule has 0 saturated carbocycles. The number of piperidine rings is 1. The van der Waals surface area contributed by atoms with E-state index in [9.17, 15) is 14.7 Å². The van der Waals surface area contributed by atoms with Gasteiger partial charge in [-0.25, -0.2) is 19.2 Å². The van der Waals surface area contributed by atoms with E-state index in [1.165, 1.54) is 32.6 Å². The number of rotatable bonds is 7. The summed E-state index contributed by atoms with van der Waals surface area (Å²) in [6, 6.07) is 10.7. The molecule has 2 aromatic carbocycles. The molecule has 1 N–H and O–H groups in total. The zero-order valence-corrected chi connectivity index (χ0v) is 23.5. The second-order valence-electron chi connectivity index (χ2n) is 10.7. The summed E-state index contributed by atoms with van der Waals surface area (Å²) in [7, 11) is 1.44. The summed E-state index contributed by atoms with van der Waals surface area (Å²) in [4.78, 5) is 40.3. The highest BCUT2D eigenvalue weighted by Crippen LogP contribution is 2.39. The van der Waals surface area contributed by atoms with E-state index in [1.807, 2.05) is 34.1 Å². The van der Waals surface area contributed by atoms with Gasteiger partial charge >= 0.3 is 5.97 Å². The van der Waals surface area contributed by atoms with E-state index in [-0.39, 0.29) is 16.8 Å². The van der Waals surface area contributed by atoms with Gasteiger partial charge in [0.2, 0.25) is 11.4 Å². The lowest BCUT2D eigenvalue weighted by Crippen LogP contribution is -2.47. The Balaban J connectivity index is 1.41. The Morgan fingerprint density at radius 2 is 1.64 bits per heavy atom. The molecule has 4 heterocycles. The first-order chi connectivity index (χ1) is 20.4. The molecule has 218 valence electrons. The van der Waals surface area contributed by atoms with Gasteiger partial charge < -0.3 is 24.2 Å². The van der Waals surface area contributed by atoms with E-state index in [4.69, 9.17) is 4.74 Å². The molecule has 2 saturated heterocycles. The van der Waals surface area contributed by atoms with Gasteiger partial charge in [-0.2, -0.15) is 0 Å². The first-order valence-electron chi connectivity index (χ1n) is 14.2. The standard InChI is InChI=1S/C31H33FN6O4/c1-42-29-26-23(18-25(32)27(29)36-14-16-37(17-15-36)31-33-10-5-11-34-31)28(39)24(30(40)41)20-38(26)22-8-6-21(7-9-22)19-35-12-3-2-4-13-35/h5-11,18,20H,2-4,12-17,19H2,1H3,(H,40,41). The maximum atomic E-state index is 15.8. The van der Waals surface area contributed by atoms with Crippen molar-refractivity contribution in [2.45, 2.75) is 25.8 Å². The zero-order valence-electron chi connectivity index (χ0n) is 23.5. The topological polar surface area (TPSA) is 104 Å². The van der Waals surface area contributed by atoms with Gasteiger partial charge in [0, 0.05) is 57.0 Å². The van der Waals surface area contributed by atoms with Crippen LogP contribution in [0.25, 0.3) is 16.6 Å². The number of ether oxygens (including phenoxy) is 1. The van der Waals surface area contributed by atoms with Crippen LogP contribution in [0, 0.1) is 5.82 Å². The van der Waals surface area contributed by atoms with E-state index in [0.717, 1.165) is 31.3 Å². The minimum absolute atomic E-state index is 0.0540. The van der Waals surface area contributed by atoms with Crippen LogP contribution in [0.3, 0.4) is 0 Å². The summed E-state index contributed by atoms with van der Waals surface area (Å²) >= 11 is 0. The van der Waals surface area contributed by atoms with E-state index in [2.05, 4.69) is 14.9 Å². The van der Waals surface area contributed by atoms with Crippen LogP contribution in [0.4, 0.5) is 16.0 Å². The lowest BCUT2D eigenvalue weighted by Gasteiger charge is -2.37. The SMILES string of the molecule is COc1c(N2CCN(c3ncccn3)CC2)c(F)cc2c(=O)c(C(=O)O)cn(-c3ccc(CN4CCCCC4)cc3)c12. The molecule has 4 aromatic rings. The Morgan fingerprint density at radius 1 is 0.976 bits per heavy atom. The number of aromatic carboxylic acids is 1. The lowest BCUT2D eigenvalue weighted by molar-refractivity contribution is 0.0695. The van der Waals surface area contributed by atoms with Gasteiger partial charge in [0.25, 0.3) is 0 Å². The van der Waals surface area contributed by atoms with Crippen LogP contribution in [0.1, 0.15) is 35.2 Å². The first-order valence-corrected chi connectivity index (χ1v) is 14.2. The highest BCUT2D eigenvalue weighted by atomic mass is 19.1. The maximum absolute atomic E-state index is 15.8. The number of hydrogen-bond donors (Lipinski definition) is 1. The number of carboxylic acid groups (broad SMARTS) is 1.